The fourth-order valence-corrected chi connectivity index (χ4v) is 3.19. The number of benzene rings is 1. The maximum absolute atomic E-state index is 10.8. The topological polar surface area (TPSA) is 86.8 Å². The first kappa shape index (κ1) is 18.8. The normalized spacial score (nSPS) is 18.4. The number of nitrogens with two attached hydrogens (primary N) is 1. The van der Waals surface area contributed by atoms with Gasteiger partial charge >= 0.3 is 0 Å². The van der Waals surface area contributed by atoms with E-state index in [4.69, 9.17) is 19.9 Å². The van der Waals surface area contributed by atoms with Crippen LogP contribution in [0.3, 0.4) is 0 Å². The molecule has 1 aromatic carbocycles. The van der Waals surface area contributed by atoms with E-state index in [0.717, 1.165) is 5.56 Å². The standard InChI is InChI=1S/C20H26N2O4/c21-17(15-16-7-2-1-3-8-16)19(23)20(25-13-14-26-20)10-6-12-24-18-9-4-5-11-22-18/h1-5,7-9,11,17,19,23H,6,10,12-15,21H2. The Kier molecular flexibility index (Phi) is 6.57. The molecular formula is C20H26N2O4. The first-order chi connectivity index (χ1) is 12.7. The number of aliphatic hydroxyl groups excluding tert-OH is 1. The number of aromatic nitrogens is 1. The fraction of sp³-hybridized carbons (Fsp3) is 0.450. The minimum atomic E-state index is -1.07. The van der Waals surface area contributed by atoms with Gasteiger partial charge in [-0.05, 0) is 24.5 Å². The van der Waals surface area contributed by atoms with Crippen LogP contribution in [0.1, 0.15) is 18.4 Å². The number of hydrogen-bond donors (Lipinski definition) is 2. The van der Waals surface area contributed by atoms with Crippen molar-refractivity contribution in [1.82, 2.24) is 4.98 Å². The van der Waals surface area contributed by atoms with Crippen LogP contribution in [0.15, 0.2) is 54.7 Å². The van der Waals surface area contributed by atoms with Crippen LogP contribution in [0.25, 0.3) is 0 Å². The second-order valence-electron chi connectivity index (χ2n) is 6.43. The lowest BCUT2D eigenvalue weighted by Gasteiger charge is -2.35. The maximum Gasteiger partial charge on any atom is 0.213 e. The zero-order valence-corrected chi connectivity index (χ0v) is 14.8. The third-order valence-corrected chi connectivity index (χ3v) is 4.50. The molecule has 1 aromatic heterocycles. The van der Waals surface area contributed by atoms with E-state index in [1.54, 1.807) is 6.20 Å². The molecule has 2 aromatic rings. The lowest BCUT2D eigenvalue weighted by Crippen LogP contribution is -2.54. The van der Waals surface area contributed by atoms with Gasteiger partial charge in [-0.3, -0.25) is 0 Å². The third-order valence-electron chi connectivity index (χ3n) is 4.50. The molecule has 2 heterocycles. The Hall–Kier alpha value is -1.99. The summed E-state index contributed by atoms with van der Waals surface area (Å²) in [6.45, 7) is 1.37. The number of pyridine rings is 1. The number of ether oxygens (including phenoxy) is 3. The summed E-state index contributed by atoms with van der Waals surface area (Å²) < 4.78 is 17.2. The summed E-state index contributed by atoms with van der Waals surface area (Å²) in [5.74, 6) is -0.488. The molecule has 6 heteroatoms. The SMILES string of the molecule is NC(Cc1ccccc1)C(O)C1(CCCOc2ccccn2)OCCO1. The molecule has 0 aliphatic carbocycles. The van der Waals surface area contributed by atoms with Crippen LogP contribution >= 0.6 is 0 Å². The number of hydrogen-bond acceptors (Lipinski definition) is 6. The van der Waals surface area contributed by atoms with Crippen molar-refractivity contribution in [1.29, 1.82) is 0 Å². The minimum absolute atomic E-state index is 0.455. The molecule has 26 heavy (non-hydrogen) atoms. The van der Waals surface area contributed by atoms with E-state index in [1.807, 2.05) is 48.5 Å². The van der Waals surface area contributed by atoms with Crippen molar-refractivity contribution in [2.45, 2.75) is 37.2 Å². The third kappa shape index (κ3) is 4.80. The van der Waals surface area contributed by atoms with Crippen molar-refractivity contribution >= 4 is 0 Å². The molecule has 2 unspecified atom stereocenters. The van der Waals surface area contributed by atoms with E-state index in [2.05, 4.69) is 4.98 Å². The summed E-state index contributed by atoms with van der Waals surface area (Å²) in [4.78, 5) is 4.12. The monoisotopic (exact) mass is 358 g/mol. The quantitative estimate of drug-likeness (QED) is 0.666. The van der Waals surface area contributed by atoms with Gasteiger partial charge in [-0.15, -0.1) is 0 Å². The van der Waals surface area contributed by atoms with Crippen molar-refractivity contribution in [2.75, 3.05) is 19.8 Å². The molecule has 1 fully saturated rings. The Morgan fingerprint density at radius 2 is 1.85 bits per heavy atom. The zero-order chi connectivity index (χ0) is 18.2. The predicted octanol–water partition coefficient (Wildman–Crippen LogP) is 1.91. The molecule has 3 rings (SSSR count). The Labute approximate surface area is 153 Å². The fourth-order valence-electron chi connectivity index (χ4n) is 3.19. The van der Waals surface area contributed by atoms with Gasteiger partial charge in [0.15, 0.2) is 5.79 Å². The van der Waals surface area contributed by atoms with E-state index >= 15 is 0 Å². The Bertz CT molecular complexity index is 647. The van der Waals surface area contributed by atoms with Gasteiger partial charge in [0.1, 0.15) is 6.10 Å². The van der Waals surface area contributed by atoms with Gasteiger partial charge in [0, 0.05) is 24.7 Å². The van der Waals surface area contributed by atoms with E-state index in [1.165, 1.54) is 0 Å². The molecule has 0 amide bonds. The molecule has 2 atom stereocenters. The van der Waals surface area contributed by atoms with Crippen molar-refractivity contribution in [3.05, 3.63) is 60.3 Å². The second kappa shape index (κ2) is 9.09. The van der Waals surface area contributed by atoms with Crippen LogP contribution < -0.4 is 10.5 Å². The summed E-state index contributed by atoms with van der Waals surface area (Å²) in [6.07, 6.45) is 2.49. The highest BCUT2D eigenvalue weighted by atomic mass is 16.7. The van der Waals surface area contributed by atoms with Crippen LogP contribution in [0.2, 0.25) is 0 Å². The van der Waals surface area contributed by atoms with Crippen LogP contribution in [-0.4, -0.2) is 47.8 Å². The average molecular weight is 358 g/mol. The van der Waals surface area contributed by atoms with Crippen LogP contribution in [0.5, 0.6) is 5.88 Å². The summed E-state index contributed by atoms with van der Waals surface area (Å²) in [5.41, 5.74) is 7.33. The molecule has 0 bridgehead atoms. The molecule has 1 aliphatic rings. The van der Waals surface area contributed by atoms with Gasteiger partial charge in [0.05, 0.1) is 19.8 Å². The van der Waals surface area contributed by atoms with E-state index in [0.29, 0.717) is 45.0 Å². The predicted molar refractivity (Wildman–Crippen MR) is 97.7 cm³/mol. The van der Waals surface area contributed by atoms with Gasteiger partial charge in [0.2, 0.25) is 5.88 Å². The minimum Gasteiger partial charge on any atom is -0.478 e. The highest BCUT2D eigenvalue weighted by Crippen LogP contribution is 2.31. The van der Waals surface area contributed by atoms with E-state index < -0.39 is 17.9 Å². The Morgan fingerprint density at radius 1 is 1.12 bits per heavy atom. The Morgan fingerprint density at radius 3 is 2.54 bits per heavy atom. The lowest BCUT2D eigenvalue weighted by molar-refractivity contribution is -0.229. The Balaban J connectivity index is 1.54. The molecule has 3 N–H and O–H groups in total. The van der Waals surface area contributed by atoms with Gasteiger partial charge in [-0.1, -0.05) is 36.4 Å². The van der Waals surface area contributed by atoms with Crippen molar-refractivity contribution in [3.63, 3.8) is 0 Å². The molecule has 0 radical (unpaired) electrons. The number of aliphatic hydroxyl groups is 1. The van der Waals surface area contributed by atoms with Gasteiger partial charge < -0.3 is 25.1 Å². The van der Waals surface area contributed by atoms with Crippen molar-refractivity contribution in [3.8, 4) is 5.88 Å². The molecule has 1 aliphatic heterocycles. The molecule has 140 valence electrons. The highest BCUT2D eigenvalue weighted by molar-refractivity contribution is 5.16. The van der Waals surface area contributed by atoms with E-state index in [9.17, 15) is 5.11 Å². The molecule has 0 spiro atoms. The molecular weight excluding hydrogens is 332 g/mol. The average Bonchev–Trinajstić information content (AvgIpc) is 3.16. The first-order valence-corrected chi connectivity index (χ1v) is 8.99. The number of nitrogens with zero attached hydrogens (tertiary/aromatic N) is 1. The highest BCUT2D eigenvalue weighted by Gasteiger charge is 2.45. The first-order valence-electron chi connectivity index (χ1n) is 8.99. The van der Waals surface area contributed by atoms with Gasteiger partial charge in [-0.25, -0.2) is 4.98 Å². The van der Waals surface area contributed by atoms with Crippen LogP contribution in [-0.2, 0) is 15.9 Å². The van der Waals surface area contributed by atoms with E-state index in [-0.39, 0.29) is 0 Å². The van der Waals surface area contributed by atoms with Crippen molar-refractivity contribution in [2.24, 2.45) is 5.73 Å². The lowest BCUT2D eigenvalue weighted by atomic mass is 9.93. The summed E-state index contributed by atoms with van der Waals surface area (Å²) in [5, 5.41) is 10.8. The van der Waals surface area contributed by atoms with Crippen LogP contribution in [0, 0.1) is 0 Å². The van der Waals surface area contributed by atoms with Gasteiger partial charge in [-0.2, -0.15) is 0 Å². The summed E-state index contributed by atoms with van der Waals surface area (Å²) in [6, 6.07) is 14.9. The largest absolute Gasteiger partial charge is 0.478 e. The second-order valence-corrected chi connectivity index (χ2v) is 6.43. The van der Waals surface area contributed by atoms with Crippen LogP contribution in [0.4, 0.5) is 0 Å². The molecule has 0 saturated carbocycles. The zero-order valence-electron chi connectivity index (χ0n) is 14.8. The summed E-state index contributed by atoms with van der Waals surface area (Å²) >= 11 is 0. The number of rotatable bonds is 9. The summed E-state index contributed by atoms with van der Waals surface area (Å²) in [7, 11) is 0. The molecule has 6 nitrogen and oxygen atoms in total. The molecule has 1 saturated heterocycles. The van der Waals surface area contributed by atoms with Crippen molar-refractivity contribution < 1.29 is 19.3 Å². The van der Waals surface area contributed by atoms with Gasteiger partial charge in [0.25, 0.3) is 0 Å². The maximum atomic E-state index is 10.8. The smallest absolute Gasteiger partial charge is 0.213 e.